The Morgan fingerprint density at radius 3 is 2.89 bits per heavy atom. The largest absolute Gasteiger partial charge is 0.335 e. The standard InChI is InChI=1S/C10H18N4O2S.ClH/c1-8(9-3-2-4-11-5-9)14-17(15,16)10-6-12-7-13-10;/h6-9,11,14H,2-5H2,1H3,(H,12,13);1H. The Labute approximate surface area is 113 Å². The fraction of sp³-hybridized carbons (Fsp3) is 0.700. The second-order valence-corrected chi connectivity index (χ2v) is 6.11. The van der Waals surface area contributed by atoms with Gasteiger partial charge in [-0.1, -0.05) is 0 Å². The lowest BCUT2D eigenvalue weighted by Crippen LogP contribution is -2.44. The van der Waals surface area contributed by atoms with E-state index in [1.54, 1.807) is 0 Å². The Balaban J connectivity index is 0.00000162. The SMILES string of the molecule is CC(NS(=O)(=O)c1cnc[nH]1)C1CCCNC1.Cl. The van der Waals surface area contributed by atoms with E-state index in [9.17, 15) is 8.42 Å². The lowest BCUT2D eigenvalue weighted by molar-refractivity contribution is 0.320. The van der Waals surface area contributed by atoms with E-state index >= 15 is 0 Å². The molecular weight excluding hydrogens is 276 g/mol. The maximum absolute atomic E-state index is 11.9. The van der Waals surface area contributed by atoms with Gasteiger partial charge in [-0.3, -0.25) is 0 Å². The molecular formula is C10H19ClN4O2S. The van der Waals surface area contributed by atoms with Gasteiger partial charge < -0.3 is 10.3 Å². The predicted octanol–water partition coefficient (Wildman–Crippen LogP) is 0.498. The molecule has 0 saturated carbocycles. The first kappa shape index (κ1) is 15.4. The molecule has 2 atom stereocenters. The molecule has 8 heteroatoms. The fourth-order valence-electron chi connectivity index (χ4n) is 2.10. The van der Waals surface area contributed by atoms with Crippen molar-refractivity contribution in [2.24, 2.45) is 5.92 Å². The Morgan fingerprint density at radius 2 is 2.33 bits per heavy atom. The van der Waals surface area contributed by atoms with Gasteiger partial charge in [-0.25, -0.2) is 18.1 Å². The van der Waals surface area contributed by atoms with Gasteiger partial charge >= 0.3 is 0 Å². The van der Waals surface area contributed by atoms with E-state index in [0.717, 1.165) is 25.9 Å². The average molecular weight is 295 g/mol. The van der Waals surface area contributed by atoms with Gasteiger partial charge in [0.1, 0.15) is 0 Å². The molecule has 104 valence electrons. The van der Waals surface area contributed by atoms with Gasteiger partial charge in [-0.05, 0) is 38.8 Å². The van der Waals surface area contributed by atoms with Crippen molar-refractivity contribution in [1.82, 2.24) is 20.0 Å². The quantitative estimate of drug-likeness (QED) is 0.755. The molecule has 3 N–H and O–H groups in total. The molecule has 0 aromatic carbocycles. The van der Waals surface area contributed by atoms with Crippen LogP contribution in [-0.2, 0) is 10.0 Å². The molecule has 1 aliphatic rings. The van der Waals surface area contributed by atoms with Crippen molar-refractivity contribution in [2.75, 3.05) is 13.1 Å². The number of aromatic nitrogens is 2. The van der Waals surface area contributed by atoms with E-state index in [0.29, 0.717) is 5.92 Å². The van der Waals surface area contributed by atoms with Gasteiger partial charge in [0.15, 0.2) is 5.03 Å². The Kier molecular flexibility index (Phi) is 5.58. The summed E-state index contributed by atoms with van der Waals surface area (Å²) >= 11 is 0. The van der Waals surface area contributed by atoms with Crippen molar-refractivity contribution in [1.29, 1.82) is 0 Å². The van der Waals surface area contributed by atoms with Crippen molar-refractivity contribution in [2.45, 2.75) is 30.8 Å². The maximum atomic E-state index is 11.9. The first-order chi connectivity index (χ1) is 8.09. The average Bonchev–Trinajstić information content (AvgIpc) is 2.84. The number of nitrogens with one attached hydrogen (secondary N) is 3. The third kappa shape index (κ3) is 3.68. The zero-order valence-corrected chi connectivity index (χ0v) is 11.9. The summed E-state index contributed by atoms with van der Waals surface area (Å²) in [7, 11) is -3.46. The number of rotatable bonds is 4. The topological polar surface area (TPSA) is 86.9 Å². The van der Waals surface area contributed by atoms with E-state index in [2.05, 4.69) is 20.0 Å². The van der Waals surface area contributed by atoms with Gasteiger partial charge in [0.25, 0.3) is 10.0 Å². The van der Waals surface area contributed by atoms with Crippen molar-refractivity contribution in [3.63, 3.8) is 0 Å². The molecule has 18 heavy (non-hydrogen) atoms. The molecule has 2 heterocycles. The van der Waals surface area contributed by atoms with Crippen LogP contribution in [0.1, 0.15) is 19.8 Å². The molecule has 0 radical (unpaired) electrons. The molecule has 0 amide bonds. The summed E-state index contributed by atoms with van der Waals surface area (Å²) < 4.78 is 26.6. The molecule has 2 unspecified atom stereocenters. The highest BCUT2D eigenvalue weighted by Crippen LogP contribution is 2.16. The van der Waals surface area contributed by atoms with Crippen LogP contribution in [0.4, 0.5) is 0 Å². The van der Waals surface area contributed by atoms with Crippen LogP contribution >= 0.6 is 12.4 Å². The Hall–Kier alpha value is -0.630. The van der Waals surface area contributed by atoms with Crippen LogP contribution in [0.2, 0.25) is 0 Å². The number of aromatic amines is 1. The predicted molar refractivity (Wildman–Crippen MR) is 71.2 cm³/mol. The number of nitrogens with zero attached hydrogens (tertiary/aromatic N) is 1. The highest BCUT2D eigenvalue weighted by atomic mass is 35.5. The summed E-state index contributed by atoms with van der Waals surface area (Å²) in [5, 5.41) is 3.40. The van der Waals surface area contributed by atoms with E-state index < -0.39 is 10.0 Å². The second kappa shape index (κ2) is 6.51. The number of hydrogen-bond acceptors (Lipinski definition) is 4. The minimum Gasteiger partial charge on any atom is -0.335 e. The van der Waals surface area contributed by atoms with E-state index in [-0.39, 0.29) is 23.5 Å². The van der Waals surface area contributed by atoms with Gasteiger partial charge in [0, 0.05) is 6.04 Å². The van der Waals surface area contributed by atoms with Gasteiger partial charge in [0.2, 0.25) is 0 Å². The van der Waals surface area contributed by atoms with Gasteiger partial charge in [-0.15, -0.1) is 12.4 Å². The highest BCUT2D eigenvalue weighted by Gasteiger charge is 2.25. The highest BCUT2D eigenvalue weighted by molar-refractivity contribution is 7.89. The van der Waals surface area contributed by atoms with Crippen LogP contribution in [0.5, 0.6) is 0 Å². The van der Waals surface area contributed by atoms with Crippen LogP contribution in [-0.4, -0.2) is 37.5 Å². The lowest BCUT2D eigenvalue weighted by Gasteiger charge is -2.28. The maximum Gasteiger partial charge on any atom is 0.257 e. The van der Waals surface area contributed by atoms with Crippen LogP contribution in [0.3, 0.4) is 0 Å². The van der Waals surface area contributed by atoms with Crippen molar-refractivity contribution in [3.8, 4) is 0 Å². The smallest absolute Gasteiger partial charge is 0.257 e. The summed E-state index contributed by atoms with van der Waals surface area (Å²) in [6.45, 7) is 3.80. The van der Waals surface area contributed by atoms with Gasteiger partial charge in [0.05, 0.1) is 12.5 Å². The molecule has 0 aliphatic carbocycles. The summed E-state index contributed by atoms with van der Waals surface area (Å²) in [6.07, 6.45) is 4.83. The Morgan fingerprint density at radius 1 is 1.56 bits per heavy atom. The molecule has 0 spiro atoms. The zero-order chi connectivity index (χ0) is 12.3. The Bertz CT molecular complexity index is 442. The first-order valence-corrected chi connectivity index (χ1v) is 7.29. The fourth-order valence-corrected chi connectivity index (χ4v) is 3.32. The number of imidazole rings is 1. The molecule has 2 rings (SSSR count). The number of piperidine rings is 1. The van der Waals surface area contributed by atoms with E-state index in [4.69, 9.17) is 0 Å². The van der Waals surface area contributed by atoms with E-state index in [1.807, 2.05) is 6.92 Å². The normalized spacial score (nSPS) is 22.2. The molecule has 0 bridgehead atoms. The van der Waals surface area contributed by atoms with Crippen molar-refractivity contribution in [3.05, 3.63) is 12.5 Å². The monoisotopic (exact) mass is 294 g/mol. The minimum absolute atomic E-state index is 0. The summed E-state index contributed by atoms with van der Waals surface area (Å²) in [5.74, 6) is 0.349. The molecule has 1 aromatic heterocycles. The summed E-state index contributed by atoms with van der Waals surface area (Å²) in [5.41, 5.74) is 0. The number of sulfonamides is 1. The summed E-state index contributed by atoms with van der Waals surface area (Å²) in [6, 6.07) is -0.0731. The molecule has 1 aliphatic heterocycles. The van der Waals surface area contributed by atoms with E-state index in [1.165, 1.54) is 12.5 Å². The molecule has 1 aromatic rings. The minimum atomic E-state index is -3.46. The number of halogens is 1. The first-order valence-electron chi connectivity index (χ1n) is 5.81. The lowest BCUT2D eigenvalue weighted by atomic mass is 9.94. The number of H-pyrrole nitrogens is 1. The van der Waals surface area contributed by atoms with Crippen LogP contribution < -0.4 is 10.0 Å². The van der Waals surface area contributed by atoms with Crippen molar-refractivity contribution < 1.29 is 8.42 Å². The second-order valence-electron chi connectivity index (χ2n) is 4.43. The zero-order valence-electron chi connectivity index (χ0n) is 10.2. The third-order valence-electron chi connectivity index (χ3n) is 3.15. The van der Waals surface area contributed by atoms with Crippen LogP contribution in [0.25, 0.3) is 0 Å². The van der Waals surface area contributed by atoms with Crippen LogP contribution in [0, 0.1) is 5.92 Å². The third-order valence-corrected chi connectivity index (χ3v) is 4.63. The number of hydrogen-bond donors (Lipinski definition) is 3. The molecule has 1 fully saturated rings. The van der Waals surface area contributed by atoms with Gasteiger partial charge in [-0.2, -0.15) is 0 Å². The van der Waals surface area contributed by atoms with Crippen LogP contribution in [0.15, 0.2) is 17.6 Å². The molecule has 1 saturated heterocycles. The van der Waals surface area contributed by atoms with Crippen molar-refractivity contribution >= 4 is 22.4 Å². The summed E-state index contributed by atoms with van der Waals surface area (Å²) in [4.78, 5) is 6.33. The molecule has 6 nitrogen and oxygen atoms in total.